The summed E-state index contributed by atoms with van der Waals surface area (Å²) in [5.74, 6) is 0.0761. The molecule has 0 saturated heterocycles. The molecular weight excluding hydrogens is 292 g/mol. The zero-order valence-corrected chi connectivity index (χ0v) is 11.6. The van der Waals surface area contributed by atoms with Gasteiger partial charge in [0.05, 0.1) is 22.4 Å². The van der Waals surface area contributed by atoms with E-state index in [0.717, 1.165) is 16.8 Å². The van der Waals surface area contributed by atoms with Gasteiger partial charge in [-0.05, 0) is 12.1 Å². The van der Waals surface area contributed by atoms with Crippen LogP contribution in [0.25, 0.3) is 0 Å². The van der Waals surface area contributed by atoms with Crippen molar-refractivity contribution in [1.82, 2.24) is 0 Å². The number of benzene rings is 1. The van der Waals surface area contributed by atoms with Gasteiger partial charge in [0.15, 0.2) is 9.84 Å². The number of nitrogens with one attached hydrogen (secondary N) is 2. The van der Waals surface area contributed by atoms with Crippen molar-refractivity contribution in [3.05, 3.63) is 34.7 Å². The summed E-state index contributed by atoms with van der Waals surface area (Å²) in [5.41, 5.74) is 2.00. The molecule has 1 unspecified atom stereocenters. The molecule has 2 heterocycles. The second-order valence-corrected chi connectivity index (χ2v) is 7.82. The first kappa shape index (κ1) is 12.2. The predicted octanol–water partition coefficient (Wildman–Crippen LogP) is 2.42. The quantitative estimate of drug-likeness (QED) is 0.878. The van der Waals surface area contributed by atoms with Crippen LogP contribution in [0, 0.1) is 0 Å². The van der Waals surface area contributed by atoms with E-state index in [0.29, 0.717) is 5.03 Å². The summed E-state index contributed by atoms with van der Waals surface area (Å²) in [4.78, 5) is 0. The lowest BCUT2D eigenvalue weighted by Gasteiger charge is -2.16. The average molecular weight is 303 g/mol. The van der Waals surface area contributed by atoms with Gasteiger partial charge in [-0.3, -0.25) is 0 Å². The van der Waals surface area contributed by atoms with Gasteiger partial charge in [0.2, 0.25) is 0 Å². The Morgan fingerprint density at radius 1 is 1.22 bits per heavy atom. The first-order chi connectivity index (χ1) is 8.53. The second kappa shape index (κ2) is 4.36. The lowest BCUT2D eigenvalue weighted by molar-refractivity contribution is 0.606. The number of fused-ring (bicyclic) bond motifs is 1. The standard InChI is InChI=1S/C11H11ClN2O2S2/c12-7-5-18(15,16)6-10(7)17-11-13-8-3-1-2-4-9(8)14-11/h1-5,10-11,13-14H,6H2. The van der Waals surface area contributed by atoms with Gasteiger partial charge in [-0.25, -0.2) is 8.42 Å². The van der Waals surface area contributed by atoms with Crippen molar-refractivity contribution in [2.75, 3.05) is 16.4 Å². The lowest BCUT2D eigenvalue weighted by Crippen LogP contribution is -2.23. The molecule has 0 aliphatic carbocycles. The summed E-state index contributed by atoms with van der Waals surface area (Å²) in [6.45, 7) is 0. The van der Waals surface area contributed by atoms with Crippen LogP contribution >= 0.6 is 23.4 Å². The molecule has 96 valence electrons. The molecule has 4 nitrogen and oxygen atoms in total. The largest absolute Gasteiger partial charge is 0.355 e. The molecule has 1 aromatic rings. The third-order valence-corrected chi connectivity index (χ3v) is 6.29. The molecule has 0 aromatic heterocycles. The van der Waals surface area contributed by atoms with Crippen molar-refractivity contribution < 1.29 is 8.42 Å². The van der Waals surface area contributed by atoms with Gasteiger partial charge in [-0.2, -0.15) is 0 Å². The molecule has 7 heteroatoms. The van der Waals surface area contributed by atoms with Gasteiger partial charge in [0.25, 0.3) is 0 Å². The maximum Gasteiger partial charge on any atom is 0.174 e. The van der Waals surface area contributed by atoms with Crippen LogP contribution in [0.2, 0.25) is 0 Å². The lowest BCUT2D eigenvalue weighted by atomic mass is 10.3. The topological polar surface area (TPSA) is 58.2 Å². The summed E-state index contributed by atoms with van der Waals surface area (Å²) in [7, 11) is -3.12. The minimum Gasteiger partial charge on any atom is -0.355 e. The molecule has 0 spiro atoms. The van der Waals surface area contributed by atoms with Crippen LogP contribution in [0.5, 0.6) is 0 Å². The number of thioether (sulfide) groups is 1. The molecule has 0 bridgehead atoms. The minimum atomic E-state index is -3.12. The van der Waals surface area contributed by atoms with Crippen molar-refractivity contribution >= 4 is 44.6 Å². The van der Waals surface area contributed by atoms with Gasteiger partial charge < -0.3 is 10.6 Å². The fraction of sp³-hybridized carbons (Fsp3) is 0.273. The summed E-state index contributed by atoms with van der Waals surface area (Å²) in [6.07, 6.45) is 0. The number of sulfone groups is 1. The third kappa shape index (κ3) is 2.32. The van der Waals surface area contributed by atoms with Crippen LogP contribution in [0.4, 0.5) is 11.4 Å². The molecule has 2 aliphatic rings. The van der Waals surface area contributed by atoms with Crippen LogP contribution in [-0.2, 0) is 9.84 Å². The average Bonchev–Trinajstić information content (AvgIpc) is 2.79. The Kier molecular flexibility index (Phi) is 2.96. The Hall–Kier alpha value is -0.850. The van der Waals surface area contributed by atoms with Gasteiger partial charge in [0.1, 0.15) is 5.50 Å². The number of halogens is 1. The molecular formula is C11H11ClN2O2S2. The highest BCUT2D eigenvalue weighted by Crippen LogP contribution is 2.38. The maximum atomic E-state index is 11.4. The number of hydrogen-bond acceptors (Lipinski definition) is 5. The van der Waals surface area contributed by atoms with Crippen molar-refractivity contribution in [3.63, 3.8) is 0 Å². The first-order valence-corrected chi connectivity index (χ1v) is 8.44. The van der Waals surface area contributed by atoms with Gasteiger partial charge in [0, 0.05) is 10.4 Å². The highest BCUT2D eigenvalue weighted by molar-refractivity contribution is 8.03. The van der Waals surface area contributed by atoms with E-state index in [-0.39, 0.29) is 16.5 Å². The number of rotatable bonds is 2. The minimum absolute atomic E-state index is 0.0529. The Morgan fingerprint density at radius 2 is 1.83 bits per heavy atom. The van der Waals surface area contributed by atoms with E-state index < -0.39 is 9.84 Å². The molecule has 0 saturated carbocycles. The summed E-state index contributed by atoms with van der Waals surface area (Å²) in [6, 6.07) is 7.86. The highest BCUT2D eigenvalue weighted by atomic mass is 35.5. The van der Waals surface area contributed by atoms with E-state index in [1.807, 2.05) is 24.3 Å². The van der Waals surface area contributed by atoms with E-state index in [1.165, 1.54) is 11.8 Å². The molecule has 2 aliphatic heterocycles. The van der Waals surface area contributed by atoms with Gasteiger partial charge in [-0.1, -0.05) is 23.7 Å². The van der Waals surface area contributed by atoms with Crippen LogP contribution in [0.3, 0.4) is 0 Å². The zero-order valence-electron chi connectivity index (χ0n) is 9.26. The van der Waals surface area contributed by atoms with Crippen LogP contribution < -0.4 is 10.6 Å². The molecule has 0 fully saturated rings. The smallest absolute Gasteiger partial charge is 0.174 e. The summed E-state index contributed by atoms with van der Waals surface area (Å²) < 4.78 is 22.9. The Morgan fingerprint density at radius 3 is 2.33 bits per heavy atom. The van der Waals surface area contributed by atoms with Crippen molar-refractivity contribution in [3.8, 4) is 0 Å². The first-order valence-electron chi connectivity index (χ1n) is 5.41. The summed E-state index contributed by atoms with van der Waals surface area (Å²) in [5, 5.41) is 7.93. The Balaban J connectivity index is 1.69. The Labute approximate surface area is 115 Å². The van der Waals surface area contributed by atoms with E-state index in [1.54, 1.807) is 0 Å². The fourth-order valence-electron chi connectivity index (χ4n) is 1.98. The SMILES string of the molecule is O=S1(=O)C=C(Cl)C(SC2Nc3ccccc3N2)C1. The van der Waals surface area contributed by atoms with Crippen molar-refractivity contribution in [2.24, 2.45) is 0 Å². The molecule has 0 amide bonds. The molecule has 3 rings (SSSR count). The maximum absolute atomic E-state index is 11.4. The number of anilines is 2. The van der Waals surface area contributed by atoms with Gasteiger partial charge in [-0.15, -0.1) is 11.8 Å². The van der Waals surface area contributed by atoms with Crippen LogP contribution in [0.1, 0.15) is 0 Å². The van der Waals surface area contributed by atoms with Crippen LogP contribution in [0.15, 0.2) is 34.7 Å². The van der Waals surface area contributed by atoms with E-state index in [4.69, 9.17) is 11.6 Å². The van der Waals surface area contributed by atoms with Gasteiger partial charge >= 0.3 is 0 Å². The Bertz CT molecular complexity index is 590. The van der Waals surface area contributed by atoms with E-state index in [9.17, 15) is 8.42 Å². The predicted molar refractivity (Wildman–Crippen MR) is 76.6 cm³/mol. The molecule has 2 N–H and O–H groups in total. The van der Waals surface area contributed by atoms with E-state index >= 15 is 0 Å². The molecule has 1 atom stereocenters. The second-order valence-electron chi connectivity index (χ2n) is 4.17. The third-order valence-electron chi connectivity index (χ3n) is 2.78. The number of para-hydroxylation sites is 2. The normalized spacial score (nSPS) is 25.2. The number of hydrogen-bond donors (Lipinski definition) is 2. The molecule has 0 radical (unpaired) electrons. The van der Waals surface area contributed by atoms with Crippen LogP contribution in [-0.4, -0.2) is 24.9 Å². The molecule has 1 aromatic carbocycles. The fourth-order valence-corrected chi connectivity index (χ4v) is 5.80. The zero-order chi connectivity index (χ0) is 12.8. The molecule has 18 heavy (non-hydrogen) atoms. The van der Waals surface area contributed by atoms with Crippen molar-refractivity contribution in [1.29, 1.82) is 0 Å². The monoisotopic (exact) mass is 302 g/mol. The van der Waals surface area contributed by atoms with E-state index in [2.05, 4.69) is 10.6 Å². The highest BCUT2D eigenvalue weighted by Gasteiger charge is 2.32. The summed E-state index contributed by atoms with van der Waals surface area (Å²) >= 11 is 7.44. The van der Waals surface area contributed by atoms with Crippen molar-refractivity contribution in [2.45, 2.75) is 10.7 Å².